The minimum atomic E-state index is -1.42. The topological polar surface area (TPSA) is 561 Å². The number of carbonyl (C=O) groups is 10. The molecule has 1 aromatic rings. The molecule has 444 valence electrons. The molecule has 0 saturated heterocycles. The van der Waals surface area contributed by atoms with Crippen LogP contribution in [0.1, 0.15) is 104 Å². The number of rotatable bonds is 40. The van der Waals surface area contributed by atoms with Gasteiger partial charge in [0.1, 0.15) is 48.6 Å². The summed E-state index contributed by atoms with van der Waals surface area (Å²) in [5.74, 6) is -9.28. The maximum atomic E-state index is 14.4. The van der Waals surface area contributed by atoms with Crippen molar-refractivity contribution in [2.24, 2.45) is 72.7 Å². The van der Waals surface area contributed by atoms with Gasteiger partial charge in [-0.15, -0.1) is 0 Å². The van der Waals surface area contributed by atoms with Gasteiger partial charge in [-0.2, -0.15) is 0 Å². The molecule has 0 aliphatic carbocycles. The molecular weight excluding hydrogens is 1030 g/mol. The molecule has 0 aliphatic rings. The van der Waals surface area contributed by atoms with E-state index in [1.165, 1.54) is 12.5 Å². The molecule has 0 saturated carbocycles. The van der Waals surface area contributed by atoms with E-state index in [1.54, 1.807) is 27.7 Å². The van der Waals surface area contributed by atoms with Gasteiger partial charge < -0.3 is 103 Å². The van der Waals surface area contributed by atoms with Crippen molar-refractivity contribution >= 4 is 77.4 Å². The van der Waals surface area contributed by atoms with E-state index in [4.69, 9.17) is 45.9 Å². The van der Waals surface area contributed by atoms with Crippen molar-refractivity contribution in [2.45, 2.75) is 153 Å². The number of nitrogens with two attached hydrogens (primary N) is 8. The van der Waals surface area contributed by atoms with Crippen molar-refractivity contribution in [3.05, 3.63) is 18.2 Å². The third-order valence-electron chi connectivity index (χ3n) is 11.6. The Morgan fingerprint density at radius 2 is 0.987 bits per heavy atom. The van der Waals surface area contributed by atoms with Crippen LogP contribution in [0.15, 0.2) is 27.5 Å². The van der Waals surface area contributed by atoms with Gasteiger partial charge in [-0.3, -0.25) is 58.1 Å². The Hall–Kier alpha value is -8.16. The van der Waals surface area contributed by atoms with E-state index in [0.717, 1.165) is 0 Å². The smallest absolute Gasteiger partial charge is 0.305 e. The highest BCUT2D eigenvalue weighted by molar-refractivity contribution is 5.98. The van der Waals surface area contributed by atoms with E-state index in [0.29, 0.717) is 18.5 Å². The number of H-pyrrole nitrogens is 1. The fourth-order valence-corrected chi connectivity index (χ4v) is 7.60. The molecular formula is C47H85N21O11. The Kier molecular flexibility index (Phi) is 32.8. The summed E-state index contributed by atoms with van der Waals surface area (Å²) in [6, 6.07) is -10.7. The second-order valence-corrected chi connectivity index (χ2v) is 19.3. The summed E-state index contributed by atoms with van der Waals surface area (Å²) in [6.07, 6.45) is 3.33. The predicted octanol–water partition coefficient (Wildman–Crippen LogP) is -6.55. The van der Waals surface area contributed by atoms with Crippen LogP contribution in [0.2, 0.25) is 0 Å². The molecule has 79 heavy (non-hydrogen) atoms. The van der Waals surface area contributed by atoms with Crippen molar-refractivity contribution in [3.63, 3.8) is 0 Å². The quantitative estimate of drug-likeness (QED) is 0.0126. The average Bonchev–Trinajstić information content (AvgIpc) is 3.89. The number of aromatic amines is 1. The molecule has 0 bridgehead atoms. The molecule has 8 amide bonds. The highest BCUT2D eigenvalue weighted by Crippen LogP contribution is 2.13. The molecule has 1 rings (SSSR count). The maximum Gasteiger partial charge on any atom is 0.305 e. The van der Waals surface area contributed by atoms with Crippen LogP contribution in [-0.2, 0) is 54.4 Å². The molecule has 8 atom stereocenters. The summed E-state index contributed by atoms with van der Waals surface area (Å²) < 4.78 is 0. The summed E-state index contributed by atoms with van der Waals surface area (Å²) in [6.45, 7) is 6.79. The van der Waals surface area contributed by atoms with Crippen LogP contribution in [0.25, 0.3) is 0 Å². The second-order valence-electron chi connectivity index (χ2n) is 19.3. The zero-order valence-corrected chi connectivity index (χ0v) is 45.5. The standard InChI is InChI=1S/C47H85N21O11/c1-25(2)18-33(42(77)64-31(12-8-16-58-46(52)53)38(73)61-28(23-69)20-36(71)72)67-44(79)37(26(3)4)68-41(76)30(10-5-6-14-48)63-40(75)32(13-9-17-59-47(54)55)65-43(78)34(19-27-22-56-24-60-27)66-39(74)29(62-35(70)21-49)11-7-15-57-45(50)51/h22-26,28-34,37H,5-21,48-49H2,1-4H3,(H,56,60)(H,61,73)(H,62,70)(H,63,75)(H,64,77)(H,65,78)(H,66,74)(H,67,79)(H,68,76)(H,71,72)(H4,50,51,57)(H4,52,53,58)(H4,54,55,59)/t28-,29-,30-,31-,32-,33-,34-,37-/m0/s1. The lowest BCUT2D eigenvalue weighted by Gasteiger charge is -2.29. The fraction of sp³-hybridized carbons (Fsp3) is 0.660. The Labute approximate surface area is 458 Å². The number of carboxylic acids is 1. The van der Waals surface area contributed by atoms with Crippen molar-refractivity contribution in [1.82, 2.24) is 52.5 Å². The van der Waals surface area contributed by atoms with Gasteiger partial charge in [0, 0.05) is 37.9 Å². The van der Waals surface area contributed by atoms with Gasteiger partial charge >= 0.3 is 5.97 Å². The van der Waals surface area contributed by atoms with Crippen LogP contribution in [0.5, 0.6) is 0 Å². The van der Waals surface area contributed by atoms with E-state index in [-0.39, 0.29) is 114 Å². The molecule has 32 heteroatoms. The Balaban J connectivity index is 3.59. The Bertz CT molecular complexity index is 2210. The first kappa shape index (κ1) is 68.9. The van der Waals surface area contributed by atoms with E-state index in [1.807, 2.05) is 0 Å². The monoisotopic (exact) mass is 1120 g/mol. The van der Waals surface area contributed by atoms with Crippen molar-refractivity contribution < 1.29 is 53.1 Å². The lowest BCUT2D eigenvalue weighted by atomic mass is 9.98. The van der Waals surface area contributed by atoms with Crippen molar-refractivity contribution in [2.75, 3.05) is 32.7 Å². The van der Waals surface area contributed by atoms with Crippen LogP contribution in [0.4, 0.5) is 0 Å². The SMILES string of the molecule is CC(C)C[C@H](NC(=O)[C@@H](NC(=O)[C@H](CCCCN)NC(=O)[C@H](CCCN=C(N)N)NC(=O)[C@H](Cc1cnc[nH]1)NC(=O)[C@H](CCCN=C(N)N)NC(=O)CN)C(C)C)C(=O)N[C@@H](CCCN=C(N)N)C(=O)N[C@H](C=O)CC(=O)O. The third-order valence-corrected chi connectivity index (χ3v) is 11.6. The first-order valence-electron chi connectivity index (χ1n) is 25.9. The highest BCUT2D eigenvalue weighted by atomic mass is 16.4. The normalized spacial score (nSPS) is 14.0. The largest absolute Gasteiger partial charge is 0.481 e. The number of imidazole rings is 1. The number of carbonyl (C=O) groups excluding carboxylic acids is 9. The Morgan fingerprint density at radius 3 is 1.39 bits per heavy atom. The molecule has 0 fully saturated rings. The number of amides is 8. The van der Waals surface area contributed by atoms with Gasteiger partial charge in [0.2, 0.25) is 47.3 Å². The van der Waals surface area contributed by atoms with Gasteiger partial charge in [0.05, 0.1) is 25.3 Å². The van der Waals surface area contributed by atoms with Crippen LogP contribution in [-0.4, -0.2) is 174 Å². The van der Waals surface area contributed by atoms with Gasteiger partial charge in [0.15, 0.2) is 17.9 Å². The van der Waals surface area contributed by atoms with Crippen LogP contribution >= 0.6 is 0 Å². The molecule has 0 aliphatic heterocycles. The van der Waals surface area contributed by atoms with Gasteiger partial charge in [0.25, 0.3) is 0 Å². The number of carboxylic acid groups (broad SMARTS) is 1. The van der Waals surface area contributed by atoms with E-state index in [2.05, 4.69) is 67.5 Å². The first-order chi connectivity index (χ1) is 37.3. The molecule has 1 aromatic heterocycles. The number of aldehydes is 1. The number of hydrogen-bond donors (Lipinski definition) is 18. The van der Waals surface area contributed by atoms with Crippen molar-refractivity contribution in [3.8, 4) is 0 Å². The molecule has 0 radical (unpaired) electrons. The summed E-state index contributed by atoms with van der Waals surface area (Å²) in [5.41, 5.74) is 44.5. The van der Waals surface area contributed by atoms with Crippen LogP contribution in [0.3, 0.4) is 0 Å². The van der Waals surface area contributed by atoms with E-state index in [9.17, 15) is 53.1 Å². The van der Waals surface area contributed by atoms with Gasteiger partial charge in [-0.05, 0) is 82.6 Å². The summed E-state index contributed by atoms with van der Waals surface area (Å²) in [5, 5.41) is 30.0. The average molecular weight is 1120 g/mol. The van der Waals surface area contributed by atoms with E-state index < -0.39 is 120 Å². The molecule has 0 unspecified atom stereocenters. The number of unbranched alkanes of at least 4 members (excludes halogenated alkanes) is 1. The number of nitrogens with one attached hydrogen (secondary N) is 9. The fourth-order valence-electron chi connectivity index (χ4n) is 7.60. The number of nitrogens with zero attached hydrogens (tertiary/aromatic N) is 4. The summed E-state index contributed by atoms with van der Waals surface area (Å²) >= 11 is 0. The van der Waals surface area contributed by atoms with Gasteiger partial charge in [-0.25, -0.2) is 4.98 Å². The van der Waals surface area contributed by atoms with Crippen LogP contribution in [0, 0.1) is 11.8 Å². The van der Waals surface area contributed by atoms with Gasteiger partial charge in [-0.1, -0.05) is 27.7 Å². The molecule has 26 N–H and O–H groups in total. The number of aliphatic imine (C=N–C) groups is 3. The maximum absolute atomic E-state index is 14.4. The molecule has 0 spiro atoms. The molecule has 32 nitrogen and oxygen atoms in total. The number of aromatic nitrogens is 2. The first-order valence-corrected chi connectivity index (χ1v) is 25.9. The zero-order valence-electron chi connectivity index (χ0n) is 45.5. The third kappa shape index (κ3) is 29.2. The van der Waals surface area contributed by atoms with Crippen LogP contribution < -0.4 is 88.4 Å². The highest BCUT2D eigenvalue weighted by Gasteiger charge is 2.36. The number of guanidine groups is 3. The molecule has 1 heterocycles. The Morgan fingerprint density at radius 1 is 0.570 bits per heavy atom. The second kappa shape index (κ2) is 37.6. The minimum Gasteiger partial charge on any atom is -0.481 e. The lowest BCUT2D eigenvalue weighted by molar-refractivity contribution is -0.139. The summed E-state index contributed by atoms with van der Waals surface area (Å²) in [7, 11) is 0. The van der Waals surface area contributed by atoms with Crippen molar-refractivity contribution in [1.29, 1.82) is 0 Å². The number of aliphatic carboxylic acids is 1. The predicted molar refractivity (Wildman–Crippen MR) is 292 cm³/mol. The summed E-state index contributed by atoms with van der Waals surface area (Å²) in [4.78, 5) is 152. The van der Waals surface area contributed by atoms with E-state index >= 15 is 0 Å². The minimum absolute atomic E-state index is 0.00984. The zero-order chi connectivity index (χ0) is 59.6. The molecule has 0 aromatic carbocycles. The lowest BCUT2D eigenvalue weighted by Crippen LogP contribution is -2.61. The number of hydrogen-bond acceptors (Lipinski definition) is 16.